The predicted octanol–water partition coefficient (Wildman–Crippen LogP) is 5.30. The Balaban J connectivity index is 1.90. The topological polar surface area (TPSA) is 13.1 Å². The van der Waals surface area contributed by atoms with E-state index in [9.17, 15) is 0 Å². The molecule has 0 aliphatic carbocycles. The van der Waals surface area contributed by atoms with Gasteiger partial charge in [-0.15, -0.1) is 12.3 Å². The van der Waals surface area contributed by atoms with Crippen molar-refractivity contribution < 1.29 is 4.42 Å². The van der Waals surface area contributed by atoms with E-state index in [4.69, 9.17) is 10.8 Å². The number of hydrogen-bond donors (Lipinski definition) is 0. The predicted molar refractivity (Wildman–Crippen MR) is 81.8 cm³/mol. The average molecular weight is 256 g/mol. The van der Waals surface area contributed by atoms with E-state index in [2.05, 4.69) is 30.2 Å². The maximum absolute atomic E-state index is 5.27. The SMILES string of the molecule is C#CCCCCC/C=C/C/C=C/CCc1ccco1. The van der Waals surface area contributed by atoms with Crippen LogP contribution in [0.15, 0.2) is 47.1 Å². The van der Waals surface area contributed by atoms with Crippen molar-refractivity contribution >= 4 is 0 Å². The Labute approximate surface area is 117 Å². The van der Waals surface area contributed by atoms with Gasteiger partial charge >= 0.3 is 0 Å². The van der Waals surface area contributed by atoms with Crippen LogP contribution in [0.5, 0.6) is 0 Å². The number of unbranched alkanes of at least 4 members (excludes halogenated alkanes) is 4. The number of furan rings is 1. The molecule has 0 amide bonds. The van der Waals surface area contributed by atoms with Gasteiger partial charge in [-0.25, -0.2) is 0 Å². The molecule has 0 aromatic carbocycles. The quantitative estimate of drug-likeness (QED) is 0.314. The Bertz CT molecular complexity index is 390. The van der Waals surface area contributed by atoms with Crippen LogP contribution in [0.1, 0.15) is 50.7 Å². The smallest absolute Gasteiger partial charge is 0.104 e. The molecule has 102 valence electrons. The Morgan fingerprint density at radius 3 is 2.63 bits per heavy atom. The third-order valence-electron chi connectivity index (χ3n) is 2.93. The van der Waals surface area contributed by atoms with Crippen molar-refractivity contribution in [2.45, 2.75) is 51.4 Å². The zero-order valence-electron chi connectivity index (χ0n) is 11.7. The van der Waals surface area contributed by atoms with E-state index in [1.807, 2.05) is 12.1 Å². The van der Waals surface area contributed by atoms with Gasteiger partial charge in [0.05, 0.1) is 6.26 Å². The average Bonchev–Trinajstić information content (AvgIpc) is 2.93. The summed E-state index contributed by atoms with van der Waals surface area (Å²) in [6.45, 7) is 0. The fourth-order valence-corrected chi connectivity index (χ4v) is 1.85. The molecule has 0 atom stereocenters. The standard InChI is InChI=1S/C18H24O/c1-2-3-4-5-6-7-8-9-10-11-12-13-15-18-16-14-17-19-18/h1,8-9,11-12,14,16-17H,3-7,10,13,15H2/b9-8+,12-11+. The van der Waals surface area contributed by atoms with E-state index in [1.165, 1.54) is 19.3 Å². The molecule has 0 radical (unpaired) electrons. The van der Waals surface area contributed by atoms with Crippen LogP contribution < -0.4 is 0 Å². The van der Waals surface area contributed by atoms with Crippen molar-refractivity contribution in [2.75, 3.05) is 0 Å². The molecule has 1 heterocycles. The molecule has 0 N–H and O–H groups in total. The number of rotatable bonds is 10. The third-order valence-corrected chi connectivity index (χ3v) is 2.93. The first-order valence-corrected chi connectivity index (χ1v) is 7.19. The van der Waals surface area contributed by atoms with Gasteiger partial charge in [-0.3, -0.25) is 0 Å². The summed E-state index contributed by atoms with van der Waals surface area (Å²) >= 11 is 0. The summed E-state index contributed by atoms with van der Waals surface area (Å²) in [5.74, 6) is 3.74. The van der Waals surface area contributed by atoms with Gasteiger partial charge in [-0.2, -0.15) is 0 Å². The van der Waals surface area contributed by atoms with Crippen molar-refractivity contribution in [2.24, 2.45) is 0 Å². The lowest BCUT2D eigenvalue weighted by Crippen LogP contribution is -1.77. The number of terminal acetylenes is 1. The molecule has 1 rings (SSSR count). The van der Waals surface area contributed by atoms with Crippen LogP contribution in [0.25, 0.3) is 0 Å². The van der Waals surface area contributed by atoms with E-state index in [-0.39, 0.29) is 0 Å². The highest BCUT2D eigenvalue weighted by Gasteiger charge is 1.91. The lowest BCUT2D eigenvalue weighted by molar-refractivity contribution is 0.510. The number of allylic oxidation sites excluding steroid dienone is 4. The first-order valence-electron chi connectivity index (χ1n) is 7.19. The van der Waals surface area contributed by atoms with E-state index in [0.717, 1.165) is 37.9 Å². The summed E-state index contributed by atoms with van der Waals surface area (Å²) in [4.78, 5) is 0. The molecular weight excluding hydrogens is 232 g/mol. The van der Waals surface area contributed by atoms with E-state index < -0.39 is 0 Å². The Kier molecular flexibility index (Phi) is 9.24. The minimum atomic E-state index is 0.919. The molecule has 1 heteroatoms. The molecule has 1 aromatic rings. The Morgan fingerprint density at radius 2 is 1.89 bits per heavy atom. The van der Waals surface area contributed by atoms with Gasteiger partial charge in [-0.1, -0.05) is 30.7 Å². The first-order chi connectivity index (χ1) is 9.43. The van der Waals surface area contributed by atoms with Crippen molar-refractivity contribution in [3.63, 3.8) is 0 Å². The Hall–Kier alpha value is -1.68. The van der Waals surface area contributed by atoms with Crippen LogP contribution in [0, 0.1) is 12.3 Å². The monoisotopic (exact) mass is 256 g/mol. The molecule has 1 aromatic heterocycles. The second kappa shape index (κ2) is 11.4. The van der Waals surface area contributed by atoms with E-state index in [1.54, 1.807) is 6.26 Å². The summed E-state index contributed by atoms with van der Waals surface area (Å²) in [5, 5.41) is 0. The van der Waals surface area contributed by atoms with E-state index >= 15 is 0 Å². The summed E-state index contributed by atoms with van der Waals surface area (Å²) in [5.41, 5.74) is 0. The lowest BCUT2D eigenvalue weighted by atomic mass is 10.1. The molecule has 0 aliphatic rings. The van der Waals surface area contributed by atoms with Crippen LogP contribution in [0.4, 0.5) is 0 Å². The van der Waals surface area contributed by atoms with Gasteiger partial charge in [-0.05, 0) is 44.2 Å². The fourth-order valence-electron chi connectivity index (χ4n) is 1.85. The molecular formula is C18H24O. The van der Waals surface area contributed by atoms with Crippen molar-refractivity contribution in [1.82, 2.24) is 0 Å². The summed E-state index contributed by atoms with van der Waals surface area (Å²) in [6, 6.07) is 3.96. The van der Waals surface area contributed by atoms with Gasteiger partial charge in [0.15, 0.2) is 0 Å². The van der Waals surface area contributed by atoms with Crippen molar-refractivity contribution in [3.05, 3.63) is 48.5 Å². The summed E-state index contributed by atoms with van der Waals surface area (Å²) in [7, 11) is 0. The molecule has 19 heavy (non-hydrogen) atoms. The summed E-state index contributed by atoms with van der Waals surface area (Å²) in [6.07, 6.45) is 24.7. The van der Waals surface area contributed by atoms with Gasteiger partial charge in [0.25, 0.3) is 0 Å². The largest absolute Gasteiger partial charge is 0.469 e. The molecule has 0 bridgehead atoms. The molecule has 0 saturated carbocycles. The third kappa shape index (κ3) is 8.97. The highest BCUT2D eigenvalue weighted by Crippen LogP contribution is 2.05. The fraction of sp³-hybridized carbons (Fsp3) is 0.444. The maximum atomic E-state index is 5.27. The normalized spacial score (nSPS) is 11.3. The molecule has 0 aliphatic heterocycles. The number of aryl methyl sites for hydroxylation is 1. The maximum Gasteiger partial charge on any atom is 0.104 e. The highest BCUT2D eigenvalue weighted by molar-refractivity contribution is 5.00. The van der Waals surface area contributed by atoms with Crippen molar-refractivity contribution in [3.8, 4) is 12.3 Å². The second-order valence-electron chi connectivity index (χ2n) is 4.60. The van der Waals surface area contributed by atoms with Gasteiger partial charge < -0.3 is 4.42 Å². The summed E-state index contributed by atoms with van der Waals surface area (Å²) < 4.78 is 5.27. The second-order valence-corrected chi connectivity index (χ2v) is 4.60. The van der Waals surface area contributed by atoms with Gasteiger partial charge in [0.2, 0.25) is 0 Å². The van der Waals surface area contributed by atoms with Crippen LogP contribution in [0.2, 0.25) is 0 Å². The van der Waals surface area contributed by atoms with Crippen molar-refractivity contribution in [1.29, 1.82) is 0 Å². The van der Waals surface area contributed by atoms with E-state index in [0.29, 0.717) is 0 Å². The molecule has 1 nitrogen and oxygen atoms in total. The Morgan fingerprint density at radius 1 is 1.05 bits per heavy atom. The van der Waals surface area contributed by atoms with Gasteiger partial charge in [0, 0.05) is 12.8 Å². The lowest BCUT2D eigenvalue weighted by Gasteiger charge is -1.93. The minimum absolute atomic E-state index is 0.919. The van der Waals surface area contributed by atoms with Crippen LogP contribution in [0.3, 0.4) is 0 Å². The van der Waals surface area contributed by atoms with Crippen LogP contribution >= 0.6 is 0 Å². The zero-order valence-corrected chi connectivity index (χ0v) is 11.7. The molecule has 0 spiro atoms. The molecule has 0 unspecified atom stereocenters. The molecule has 0 fully saturated rings. The number of hydrogen-bond acceptors (Lipinski definition) is 1. The molecule has 0 saturated heterocycles. The zero-order chi connectivity index (χ0) is 13.6. The van der Waals surface area contributed by atoms with Crippen LogP contribution in [-0.2, 0) is 6.42 Å². The van der Waals surface area contributed by atoms with Crippen LogP contribution in [-0.4, -0.2) is 0 Å². The van der Waals surface area contributed by atoms with Gasteiger partial charge in [0.1, 0.15) is 5.76 Å². The first kappa shape index (κ1) is 15.4. The minimum Gasteiger partial charge on any atom is -0.469 e. The highest BCUT2D eigenvalue weighted by atomic mass is 16.3.